The first-order valence-corrected chi connectivity index (χ1v) is 16.7. The number of fused-ring (bicyclic) bond motifs is 1. The standard InChI is InChI=1S/C35H40ClF5N6/c1-5-20(6-2)43-15-21-12-17(3)24-26-32(30(39)25(27(24)36)22-13-18(4)28(37)31(42)29(22)38)45-23(46-34(26)44-21)8-10-35-9-7-11-47(35)16-19(14-35)33(40)41/h13,20-21,43H,3,5-12,14-16,42H2,1-2,4H3,(H,44,45,46)/t21-,35?/m1/s1. The maximum Gasteiger partial charge on any atom is 0.270 e. The van der Waals surface area contributed by atoms with Crippen molar-refractivity contribution in [1.29, 1.82) is 0 Å². The molecule has 6 nitrogen and oxygen atoms in total. The van der Waals surface area contributed by atoms with Gasteiger partial charge in [0.05, 0.1) is 10.4 Å². The van der Waals surface area contributed by atoms with E-state index in [1.165, 1.54) is 13.0 Å². The number of nitrogens with two attached hydrogens (primary N) is 1. The van der Waals surface area contributed by atoms with Crippen LogP contribution in [0.4, 0.5) is 33.5 Å². The average molecular weight is 675 g/mol. The quantitative estimate of drug-likeness (QED) is 0.156. The van der Waals surface area contributed by atoms with Crippen LogP contribution in [-0.4, -0.2) is 52.1 Å². The number of nitrogens with zero attached hydrogens (tertiary/aromatic N) is 3. The average Bonchev–Trinajstić information content (AvgIpc) is 3.56. The maximum atomic E-state index is 16.8. The van der Waals surface area contributed by atoms with Gasteiger partial charge in [0.2, 0.25) is 0 Å². The van der Waals surface area contributed by atoms with Crippen molar-refractivity contribution in [2.24, 2.45) is 0 Å². The summed E-state index contributed by atoms with van der Waals surface area (Å²) in [5.74, 6) is -2.23. The van der Waals surface area contributed by atoms with Crippen molar-refractivity contribution in [3.63, 3.8) is 0 Å². The second-order valence-corrected chi connectivity index (χ2v) is 13.6. The largest absolute Gasteiger partial charge is 0.394 e. The fourth-order valence-electron chi connectivity index (χ4n) is 7.74. The lowest BCUT2D eigenvalue weighted by molar-refractivity contribution is 0.182. The van der Waals surface area contributed by atoms with Gasteiger partial charge in [-0.05, 0) is 75.6 Å². The number of nitrogens with one attached hydrogen (secondary N) is 2. The Morgan fingerprint density at radius 1 is 1.17 bits per heavy atom. The molecule has 0 saturated carbocycles. The molecular weight excluding hydrogens is 635 g/mol. The summed E-state index contributed by atoms with van der Waals surface area (Å²) in [6.45, 7) is 11.5. The van der Waals surface area contributed by atoms with E-state index in [1.807, 2.05) is 0 Å². The highest BCUT2D eigenvalue weighted by atomic mass is 35.5. The number of aryl methyl sites for hydroxylation is 2. The van der Waals surface area contributed by atoms with E-state index in [0.717, 1.165) is 32.2 Å². The molecule has 12 heteroatoms. The van der Waals surface area contributed by atoms with Crippen molar-refractivity contribution in [3.05, 3.63) is 63.7 Å². The monoisotopic (exact) mass is 674 g/mol. The highest BCUT2D eigenvalue weighted by molar-refractivity contribution is 6.37. The summed E-state index contributed by atoms with van der Waals surface area (Å²) in [5.41, 5.74) is 5.13. The summed E-state index contributed by atoms with van der Waals surface area (Å²) < 4.78 is 74.1. The topological polar surface area (TPSA) is 79.1 Å². The van der Waals surface area contributed by atoms with Crippen molar-refractivity contribution >= 4 is 39.6 Å². The summed E-state index contributed by atoms with van der Waals surface area (Å²) in [7, 11) is 0. The van der Waals surface area contributed by atoms with Gasteiger partial charge in [0, 0.05) is 59.4 Å². The molecule has 4 N–H and O–H groups in total. The molecule has 0 aliphatic carbocycles. The molecule has 47 heavy (non-hydrogen) atoms. The highest BCUT2D eigenvalue weighted by Gasteiger charge is 2.47. The minimum atomic E-state index is -1.62. The molecule has 2 fully saturated rings. The molecular formula is C35H40ClF5N6. The van der Waals surface area contributed by atoms with E-state index in [9.17, 15) is 13.2 Å². The van der Waals surface area contributed by atoms with Crippen LogP contribution in [0.1, 0.15) is 75.7 Å². The zero-order chi connectivity index (χ0) is 33.8. The summed E-state index contributed by atoms with van der Waals surface area (Å²) in [6.07, 6.45) is 3.47. The zero-order valence-corrected chi connectivity index (χ0v) is 27.7. The molecule has 2 aromatic carbocycles. The van der Waals surface area contributed by atoms with Gasteiger partial charge < -0.3 is 16.4 Å². The van der Waals surface area contributed by atoms with E-state index >= 15 is 8.78 Å². The molecule has 2 atom stereocenters. The Kier molecular flexibility index (Phi) is 9.28. The molecule has 6 rings (SSSR count). The number of hydrogen-bond donors (Lipinski definition) is 3. The van der Waals surface area contributed by atoms with E-state index in [0.29, 0.717) is 60.0 Å². The molecule has 1 unspecified atom stereocenters. The minimum Gasteiger partial charge on any atom is -0.394 e. The number of rotatable bonds is 9. The van der Waals surface area contributed by atoms with Gasteiger partial charge >= 0.3 is 0 Å². The third-order valence-electron chi connectivity index (χ3n) is 10.3. The number of halogens is 6. The fourth-order valence-corrected chi connectivity index (χ4v) is 8.15. The van der Waals surface area contributed by atoms with Crippen LogP contribution in [0.2, 0.25) is 5.02 Å². The number of benzene rings is 2. The van der Waals surface area contributed by atoms with Crippen molar-refractivity contribution in [3.8, 4) is 11.1 Å². The SMILES string of the molecule is C=C1C[C@H](CNC(CC)CC)Nc2nc(CCC34CCCN3CC(=C(F)F)C4)nc3c(F)c(-c4cc(C)c(F)c(N)c4F)c(Cl)c1c23. The summed E-state index contributed by atoms with van der Waals surface area (Å²) in [6, 6.07) is 1.30. The van der Waals surface area contributed by atoms with Crippen molar-refractivity contribution in [2.45, 2.75) is 89.8 Å². The normalized spacial score (nSPS) is 21.1. The van der Waals surface area contributed by atoms with E-state index < -0.39 is 34.8 Å². The molecule has 3 aliphatic heterocycles. The summed E-state index contributed by atoms with van der Waals surface area (Å²) >= 11 is 6.95. The Bertz CT molecular complexity index is 1790. The lowest BCUT2D eigenvalue weighted by Crippen LogP contribution is -2.39. The van der Waals surface area contributed by atoms with Gasteiger partial charge in [-0.1, -0.05) is 32.0 Å². The van der Waals surface area contributed by atoms with Crippen LogP contribution >= 0.6 is 11.6 Å². The van der Waals surface area contributed by atoms with Crippen LogP contribution in [0, 0.1) is 24.4 Å². The second kappa shape index (κ2) is 13.0. The molecule has 0 radical (unpaired) electrons. The molecule has 252 valence electrons. The van der Waals surface area contributed by atoms with Crippen molar-refractivity contribution in [1.82, 2.24) is 20.2 Å². The van der Waals surface area contributed by atoms with Crippen molar-refractivity contribution < 1.29 is 22.0 Å². The molecule has 3 aromatic rings. The Morgan fingerprint density at radius 2 is 1.91 bits per heavy atom. The highest BCUT2D eigenvalue weighted by Crippen LogP contribution is 2.48. The number of anilines is 2. The number of aromatic nitrogens is 2. The van der Waals surface area contributed by atoms with E-state index in [4.69, 9.17) is 22.3 Å². The Labute approximate surface area is 276 Å². The Hall–Kier alpha value is -3.28. The van der Waals surface area contributed by atoms with Crippen LogP contribution in [0.15, 0.2) is 24.3 Å². The van der Waals surface area contributed by atoms with Gasteiger partial charge in [-0.2, -0.15) is 8.78 Å². The van der Waals surface area contributed by atoms with E-state index in [2.05, 4.69) is 40.9 Å². The minimum absolute atomic E-state index is 0.0347. The smallest absolute Gasteiger partial charge is 0.270 e. The molecule has 1 aromatic heterocycles. The lowest BCUT2D eigenvalue weighted by atomic mass is 9.87. The predicted molar refractivity (Wildman–Crippen MR) is 178 cm³/mol. The second-order valence-electron chi connectivity index (χ2n) is 13.2. The van der Waals surface area contributed by atoms with Crippen molar-refractivity contribution in [2.75, 3.05) is 30.7 Å². The lowest BCUT2D eigenvalue weighted by Gasteiger charge is -2.31. The molecule has 0 spiro atoms. The first-order valence-electron chi connectivity index (χ1n) is 16.3. The number of nitrogen functional groups attached to an aromatic ring is 1. The van der Waals surface area contributed by atoms with Crippen LogP contribution in [0.5, 0.6) is 0 Å². The molecule has 4 heterocycles. The molecule has 0 bridgehead atoms. The van der Waals surface area contributed by atoms with Crippen LogP contribution < -0.4 is 16.4 Å². The maximum absolute atomic E-state index is 16.8. The van der Waals surface area contributed by atoms with Crippen LogP contribution in [0.3, 0.4) is 0 Å². The third-order valence-corrected chi connectivity index (χ3v) is 10.7. The Balaban J connectivity index is 1.49. The van der Waals surface area contributed by atoms with Crippen LogP contribution in [0.25, 0.3) is 27.6 Å². The first kappa shape index (κ1) is 33.6. The predicted octanol–water partition coefficient (Wildman–Crippen LogP) is 8.56. The van der Waals surface area contributed by atoms with Crippen LogP contribution in [-0.2, 0) is 6.42 Å². The first-order chi connectivity index (χ1) is 22.4. The summed E-state index contributed by atoms with van der Waals surface area (Å²) in [5, 5.41) is 7.30. The number of hydrogen-bond acceptors (Lipinski definition) is 6. The van der Waals surface area contributed by atoms with Gasteiger partial charge in [-0.25, -0.2) is 23.1 Å². The summed E-state index contributed by atoms with van der Waals surface area (Å²) in [4.78, 5) is 11.7. The van der Waals surface area contributed by atoms with Gasteiger partial charge in [-0.15, -0.1) is 0 Å². The van der Waals surface area contributed by atoms with Gasteiger partial charge in [0.15, 0.2) is 17.5 Å². The Morgan fingerprint density at radius 3 is 2.62 bits per heavy atom. The van der Waals surface area contributed by atoms with Gasteiger partial charge in [0.1, 0.15) is 22.8 Å². The molecule has 3 aliphatic rings. The molecule has 2 saturated heterocycles. The van der Waals surface area contributed by atoms with Gasteiger partial charge in [-0.3, -0.25) is 4.90 Å². The third kappa shape index (κ3) is 5.88. The zero-order valence-electron chi connectivity index (χ0n) is 26.9. The van der Waals surface area contributed by atoms with E-state index in [-0.39, 0.29) is 51.8 Å². The molecule has 0 amide bonds. The van der Waals surface area contributed by atoms with E-state index in [1.54, 1.807) is 0 Å². The van der Waals surface area contributed by atoms with Gasteiger partial charge in [0.25, 0.3) is 6.08 Å². The fraction of sp³-hybridized carbons (Fsp3) is 0.486.